The molecule has 0 unspecified atom stereocenters. The number of sulfonamides is 1. The van der Waals surface area contributed by atoms with Crippen LogP contribution >= 0.6 is 0 Å². The van der Waals surface area contributed by atoms with E-state index in [0.29, 0.717) is 24.5 Å². The van der Waals surface area contributed by atoms with E-state index in [0.717, 1.165) is 43.1 Å². The number of primary sulfonamides is 1. The molecule has 0 radical (unpaired) electrons. The smallest absolute Gasteiger partial charge is 0.317 e. The summed E-state index contributed by atoms with van der Waals surface area (Å²) >= 11 is 0. The van der Waals surface area contributed by atoms with Crippen LogP contribution in [0.4, 0.5) is 16.0 Å². The molecule has 2 aliphatic rings. The van der Waals surface area contributed by atoms with Gasteiger partial charge in [-0.15, -0.1) is 5.10 Å². The second-order valence-electron chi connectivity index (χ2n) is 10.3. The van der Waals surface area contributed by atoms with Gasteiger partial charge in [0.05, 0.1) is 17.2 Å². The number of rotatable bonds is 9. The lowest BCUT2D eigenvalue weighted by atomic mass is 9.72. The van der Waals surface area contributed by atoms with Crippen LogP contribution in [0.3, 0.4) is 0 Å². The highest BCUT2D eigenvalue weighted by atomic mass is 32.2. The van der Waals surface area contributed by atoms with Gasteiger partial charge < -0.3 is 10.1 Å². The maximum atomic E-state index is 14.3. The van der Waals surface area contributed by atoms with E-state index < -0.39 is 15.8 Å². The van der Waals surface area contributed by atoms with Gasteiger partial charge in [0.25, 0.3) is 0 Å². The summed E-state index contributed by atoms with van der Waals surface area (Å²) in [4.78, 5) is 8.28. The SMILES string of the molecule is CC(C)c1nnc(OCC2CC(c3cnc(Nc4ccc(S(N)(=O)=O)cc4F)nc3)C2)n1C1(C)CC1. The van der Waals surface area contributed by atoms with E-state index in [1.807, 2.05) is 0 Å². The number of benzene rings is 1. The molecule has 0 saturated heterocycles. The third-order valence-corrected chi connectivity index (χ3v) is 7.94. The molecule has 0 amide bonds. The van der Waals surface area contributed by atoms with Crippen molar-refractivity contribution in [3.63, 3.8) is 0 Å². The lowest BCUT2D eigenvalue weighted by molar-refractivity contribution is 0.141. The van der Waals surface area contributed by atoms with Crippen LogP contribution in [0.25, 0.3) is 0 Å². The molecule has 2 aliphatic carbocycles. The molecule has 10 nitrogen and oxygen atoms in total. The molecule has 2 aromatic heterocycles. The highest BCUT2D eigenvalue weighted by molar-refractivity contribution is 7.89. The Labute approximate surface area is 209 Å². The van der Waals surface area contributed by atoms with Crippen molar-refractivity contribution in [2.24, 2.45) is 11.1 Å². The standard InChI is InChI=1S/C24H30FN7O3S/c1-14(2)21-30-31-23(32(21)24(3)6-7-24)35-13-15-8-16(9-15)17-11-27-22(28-12-17)29-20-5-4-18(10-19(20)25)36(26,33)34/h4-5,10-12,14-16H,6-9,13H2,1-3H3,(H2,26,33,34)(H,27,28,29). The van der Waals surface area contributed by atoms with Gasteiger partial charge in [-0.25, -0.2) is 27.9 Å². The molecule has 2 heterocycles. The van der Waals surface area contributed by atoms with Crippen molar-refractivity contribution < 1.29 is 17.5 Å². The molecule has 0 atom stereocenters. The number of hydrogen-bond acceptors (Lipinski definition) is 8. The number of hydrogen-bond donors (Lipinski definition) is 2. The van der Waals surface area contributed by atoms with Gasteiger partial charge in [0.15, 0.2) is 0 Å². The zero-order valence-corrected chi connectivity index (χ0v) is 21.3. The molecular weight excluding hydrogens is 485 g/mol. The average Bonchev–Trinajstić information content (AvgIpc) is 3.37. The molecule has 2 saturated carbocycles. The molecule has 2 fully saturated rings. The largest absolute Gasteiger partial charge is 0.463 e. The summed E-state index contributed by atoms with van der Waals surface area (Å²) in [6.07, 6.45) is 7.61. The minimum atomic E-state index is -3.98. The Morgan fingerprint density at radius 1 is 1.22 bits per heavy atom. The first kappa shape index (κ1) is 24.6. The molecule has 3 N–H and O–H groups in total. The quantitative estimate of drug-likeness (QED) is 0.439. The lowest BCUT2D eigenvalue weighted by Crippen LogP contribution is -2.28. The molecule has 0 spiro atoms. The number of ether oxygens (including phenoxy) is 1. The number of nitrogens with two attached hydrogens (primary N) is 1. The molecule has 0 bridgehead atoms. The third kappa shape index (κ3) is 4.92. The molecule has 36 heavy (non-hydrogen) atoms. The fourth-order valence-electron chi connectivity index (χ4n) is 4.50. The summed E-state index contributed by atoms with van der Waals surface area (Å²) in [7, 11) is -3.98. The minimum Gasteiger partial charge on any atom is -0.463 e. The summed E-state index contributed by atoms with van der Waals surface area (Å²) in [5, 5.41) is 16.5. The monoisotopic (exact) mass is 515 g/mol. The average molecular weight is 516 g/mol. The van der Waals surface area contributed by atoms with E-state index in [9.17, 15) is 12.8 Å². The number of halogens is 1. The van der Waals surface area contributed by atoms with Crippen LogP contribution in [0.15, 0.2) is 35.5 Å². The molecule has 192 valence electrons. The fourth-order valence-corrected chi connectivity index (χ4v) is 5.03. The van der Waals surface area contributed by atoms with E-state index in [1.165, 1.54) is 12.1 Å². The van der Waals surface area contributed by atoms with Gasteiger partial charge in [0.1, 0.15) is 11.6 Å². The van der Waals surface area contributed by atoms with Crippen molar-refractivity contribution in [1.82, 2.24) is 24.7 Å². The van der Waals surface area contributed by atoms with Crippen molar-refractivity contribution in [3.05, 3.63) is 47.8 Å². The van der Waals surface area contributed by atoms with E-state index in [2.05, 4.69) is 50.8 Å². The molecule has 3 aromatic rings. The summed E-state index contributed by atoms with van der Waals surface area (Å²) in [5.41, 5.74) is 1.14. The number of aromatic nitrogens is 5. The highest BCUT2D eigenvalue weighted by Crippen LogP contribution is 2.47. The van der Waals surface area contributed by atoms with Crippen molar-refractivity contribution >= 4 is 21.7 Å². The number of anilines is 2. The van der Waals surface area contributed by atoms with Crippen molar-refractivity contribution in [2.45, 2.75) is 68.7 Å². The van der Waals surface area contributed by atoms with Crippen LogP contribution < -0.4 is 15.2 Å². The normalized spacial score (nSPS) is 20.7. The van der Waals surface area contributed by atoms with E-state index in [4.69, 9.17) is 9.88 Å². The molecule has 1 aromatic carbocycles. The number of nitrogens with zero attached hydrogens (tertiary/aromatic N) is 5. The fraction of sp³-hybridized carbons (Fsp3) is 0.500. The zero-order chi connectivity index (χ0) is 25.7. The van der Waals surface area contributed by atoms with Gasteiger partial charge in [-0.1, -0.05) is 18.9 Å². The Kier molecular flexibility index (Phi) is 6.19. The first-order valence-corrected chi connectivity index (χ1v) is 13.6. The second kappa shape index (κ2) is 9.07. The third-order valence-electron chi connectivity index (χ3n) is 7.03. The van der Waals surface area contributed by atoms with Gasteiger partial charge in [-0.05, 0) is 68.2 Å². The van der Waals surface area contributed by atoms with Crippen LogP contribution in [-0.2, 0) is 15.6 Å². The van der Waals surface area contributed by atoms with Crippen LogP contribution in [-0.4, -0.2) is 39.8 Å². The van der Waals surface area contributed by atoms with E-state index >= 15 is 0 Å². The number of nitrogens with one attached hydrogen (secondary N) is 1. The van der Waals surface area contributed by atoms with Gasteiger partial charge in [-0.2, -0.15) is 0 Å². The maximum Gasteiger partial charge on any atom is 0.317 e. The topological polar surface area (TPSA) is 138 Å². The van der Waals surface area contributed by atoms with Crippen molar-refractivity contribution in [3.8, 4) is 6.01 Å². The van der Waals surface area contributed by atoms with E-state index in [-0.39, 0.29) is 28.0 Å². The Morgan fingerprint density at radius 2 is 1.92 bits per heavy atom. The van der Waals surface area contributed by atoms with Crippen molar-refractivity contribution in [1.29, 1.82) is 0 Å². The van der Waals surface area contributed by atoms with Crippen molar-refractivity contribution in [2.75, 3.05) is 11.9 Å². The first-order chi connectivity index (χ1) is 17.0. The summed E-state index contributed by atoms with van der Waals surface area (Å²) in [6, 6.07) is 3.99. The molecule has 5 rings (SSSR count). The van der Waals surface area contributed by atoms with Gasteiger partial charge in [-0.3, -0.25) is 4.57 Å². The Balaban J connectivity index is 1.15. The van der Waals surface area contributed by atoms with Gasteiger partial charge in [0, 0.05) is 23.9 Å². The predicted octanol–water partition coefficient (Wildman–Crippen LogP) is 3.80. The second-order valence-corrected chi connectivity index (χ2v) is 11.9. The Hall–Kier alpha value is -3.12. The summed E-state index contributed by atoms with van der Waals surface area (Å²) in [5.74, 6) is 1.47. The zero-order valence-electron chi connectivity index (χ0n) is 20.5. The van der Waals surface area contributed by atoms with E-state index in [1.54, 1.807) is 12.4 Å². The van der Waals surface area contributed by atoms with Crippen LogP contribution in [0.2, 0.25) is 0 Å². The lowest BCUT2D eigenvalue weighted by Gasteiger charge is -2.35. The molecular formula is C24H30FN7O3S. The van der Waals surface area contributed by atoms with Crippen LogP contribution in [0.5, 0.6) is 6.01 Å². The first-order valence-electron chi connectivity index (χ1n) is 12.0. The highest BCUT2D eigenvalue weighted by Gasteiger charge is 2.44. The van der Waals surface area contributed by atoms with Crippen LogP contribution in [0.1, 0.15) is 69.7 Å². The predicted molar refractivity (Wildman–Crippen MR) is 131 cm³/mol. The summed E-state index contributed by atoms with van der Waals surface area (Å²) < 4.78 is 45.3. The Bertz CT molecular complexity index is 1360. The molecule has 0 aliphatic heterocycles. The Morgan fingerprint density at radius 3 is 2.50 bits per heavy atom. The van der Waals surface area contributed by atoms with Gasteiger partial charge >= 0.3 is 6.01 Å². The maximum absolute atomic E-state index is 14.3. The minimum absolute atomic E-state index is 0.0598. The van der Waals surface area contributed by atoms with Crippen LogP contribution in [0, 0.1) is 11.7 Å². The van der Waals surface area contributed by atoms with Gasteiger partial charge in [0.2, 0.25) is 16.0 Å². The molecule has 12 heteroatoms. The summed E-state index contributed by atoms with van der Waals surface area (Å²) in [6.45, 7) is 7.06.